The average molecular weight is 539 g/mol. The second-order valence-corrected chi connectivity index (χ2v) is 9.90. The first kappa shape index (κ1) is 25.6. The number of anilines is 2. The number of benzene rings is 3. The number of carbonyl (C=O) groups is 2. The molecule has 40 heavy (non-hydrogen) atoms. The molecule has 0 bridgehead atoms. The minimum atomic E-state index is -0.288. The van der Waals surface area contributed by atoms with E-state index >= 15 is 0 Å². The van der Waals surface area contributed by atoms with Crippen LogP contribution in [-0.2, 0) is 0 Å². The summed E-state index contributed by atoms with van der Waals surface area (Å²) >= 11 is 0. The summed E-state index contributed by atoms with van der Waals surface area (Å²) in [6.45, 7) is 6.62. The van der Waals surface area contributed by atoms with Crippen LogP contribution in [0.5, 0.6) is 17.4 Å². The van der Waals surface area contributed by atoms with Gasteiger partial charge in [-0.1, -0.05) is 6.07 Å². The fourth-order valence-electron chi connectivity index (χ4n) is 4.63. The van der Waals surface area contributed by atoms with Crippen molar-refractivity contribution in [1.82, 2.24) is 9.88 Å². The van der Waals surface area contributed by atoms with Crippen molar-refractivity contribution >= 4 is 34.1 Å². The van der Waals surface area contributed by atoms with Gasteiger partial charge in [0.25, 0.3) is 11.8 Å². The van der Waals surface area contributed by atoms with Crippen molar-refractivity contribution in [2.75, 3.05) is 50.1 Å². The molecule has 3 heterocycles. The maximum Gasteiger partial charge on any atom is 0.255 e. The van der Waals surface area contributed by atoms with Gasteiger partial charge in [-0.2, -0.15) is 0 Å². The summed E-state index contributed by atoms with van der Waals surface area (Å²) in [5, 5.41) is 6.71. The molecule has 3 aromatic carbocycles. The first-order chi connectivity index (χ1) is 19.5. The van der Waals surface area contributed by atoms with Crippen molar-refractivity contribution in [3.05, 3.63) is 83.4 Å². The number of pyridine rings is 1. The molecule has 0 unspecified atom stereocenters. The van der Waals surface area contributed by atoms with Gasteiger partial charge in [-0.25, -0.2) is 4.98 Å². The number of nitrogens with zero attached hydrogens (tertiary/aromatic N) is 2. The quantitative estimate of drug-likeness (QED) is 0.329. The summed E-state index contributed by atoms with van der Waals surface area (Å²) in [6, 6.07) is 19.6. The van der Waals surface area contributed by atoms with Gasteiger partial charge < -0.3 is 24.8 Å². The van der Waals surface area contributed by atoms with Gasteiger partial charge in [-0.05, 0) is 86.6 Å². The van der Waals surface area contributed by atoms with E-state index in [9.17, 15) is 9.59 Å². The lowest BCUT2D eigenvalue weighted by Gasteiger charge is -2.30. The van der Waals surface area contributed by atoms with Crippen LogP contribution in [0.2, 0.25) is 0 Å². The Bertz CT molecular complexity index is 1580. The van der Waals surface area contributed by atoms with Gasteiger partial charge in [-0.15, -0.1) is 0 Å². The highest BCUT2D eigenvalue weighted by Gasteiger charge is 2.17. The van der Waals surface area contributed by atoms with Gasteiger partial charge in [0.1, 0.15) is 19.8 Å². The Hall–Kier alpha value is -4.63. The molecule has 0 spiro atoms. The van der Waals surface area contributed by atoms with Crippen molar-refractivity contribution in [2.45, 2.75) is 13.3 Å². The molecule has 0 atom stereocenters. The van der Waals surface area contributed by atoms with Crippen LogP contribution in [0, 0.1) is 6.92 Å². The zero-order chi connectivity index (χ0) is 27.5. The van der Waals surface area contributed by atoms with Gasteiger partial charge in [0.15, 0.2) is 11.5 Å². The topological polar surface area (TPSA) is 102 Å². The minimum absolute atomic E-state index is 0.254. The number of rotatable bonds is 8. The molecule has 204 valence electrons. The number of aryl methyl sites for hydroxylation is 1. The van der Waals surface area contributed by atoms with Crippen molar-refractivity contribution < 1.29 is 23.8 Å². The Morgan fingerprint density at radius 3 is 2.48 bits per heavy atom. The van der Waals surface area contributed by atoms with Crippen LogP contribution in [0.25, 0.3) is 10.9 Å². The lowest BCUT2D eigenvalue weighted by Crippen LogP contribution is -2.39. The Balaban J connectivity index is 1.11. The summed E-state index contributed by atoms with van der Waals surface area (Å²) in [6.07, 6.45) is 1.26. The average Bonchev–Trinajstić information content (AvgIpc) is 2.95. The molecule has 2 aliphatic rings. The zero-order valence-electron chi connectivity index (χ0n) is 22.2. The maximum atomic E-state index is 13.1. The molecule has 1 saturated heterocycles. The molecule has 9 nitrogen and oxygen atoms in total. The molecule has 2 aliphatic heterocycles. The molecule has 4 aromatic rings. The van der Waals surface area contributed by atoms with E-state index in [4.69, 9.17) is 14.2 Å². The maximum absolute atomic E-state index is 13.1. The fraction of sp³-hybridized carbons (Fsp3) is 0.258. The van der Waals surface area contributed by atoms with Crippen LogP contribution < -0.4 is 24.8 Å². The summed E-state index contributed by atoms with van der Waals surface area (Å²) in [7, 11) is 0. The molecular formula is C31H30N4O5. The monoisotopic (exact) mass is 538 g/mol. The lowest BCUT2D eigenvalue weighted by molar-refractivity contribution is 0.101. The number of hydrogen-bond donors (Lipinski definition) is 2. The Kier molecular flexibility index (Phi) is 7.20. The van der Waals surface area contributed by atoms with E-state index in [1.807, 2.05) is 37.3 Å². The Labute approximate surface area is 232 Å². The summed E-state index contributed by atoms with van der Waals surface area (Å²) in [5.41, 5.74) is 3.75. The molecule has 2 N–H and O–H groups in total. The van der Waals surface area contributed by atoms with Crippen LogP contribution in [0.15, 0.2) is 66.7 Å². The molecule has 0 saturated carbocycles. The number of likely N-dealkylation sites (tertiary alicyclic amines) is 1. The third-order valence-corrected chi connectivity index (χ3v) is 7.08. The van der Waals surface area contributed by atoms with Crippen molar-refractivity contribution in [2.24, 2.45) is 0 Å². The molecule has 1 fully saturated rings. The van der Waals surface area contributed by atoms with Crippen LogP contribution in [0.3, 0.4) is 0 Å². The van der Waals surface area contributed by atoms with E-state index < -0.39 is 0 Å². The summed E-state index contributed by atoms with van der Waals surface area (Å²) < 4.78 is 16.9. The van der Waals surface area contributed by atoms with Crippen molar-refractivity contribution in [1.29, 1.82) is 0 Å². The number of ether oxygens (including phenoxy) is 3. The van der Waals surface area contributed by atoms with Gasteiger partial charge in [0, 0.05) is 40.5 Å². The highest BCUT2D eigenvalue weighted by atomic mass is 16.6. The van der Waals surface area contributed by atoms with Crippen molar-refractivity contribution in [3.63, 3.8) is 0 Å². The van der Waals surface area contributed by atoms with Crippen LogP contribution >= 0.6 is 0 Å². The molecule has 0 aliphatic carbocycles. The predicted octanol–water partition coefficient (Wildman–Crippen LogP) is 4.90. The highest BCUT2D eigenvalue weighted by molar-refractivity contribution is 6.08. The third-order valence-electron chi connectivity index (χ3n) is 7.08. The van der Waals surface area contributed by atoms with Crippen LogP contribution in [0.4, 0.5) is 11.4 Å². The first-order valence-electron chi connectivity index (χ1n) is 13.4. The number of carbonyl (C=O) groups excluding carboxylic acids is 2. The molecule has 9 heteroatoms. The van der Waals surface area contributed by atoms with E-state index in [0.717, 1.165) is 36.1 Å². The van der Waals surface area contributed by atoms with Crippen LogP contribution in [-0.4, -0.2) is 61.2 Å². The minimum Gasteiger partial charge on any atom is -0.486 e. The number of nitrogens with one attached hydrogen (secondary N) is 2. The van der Waals surface area contributed by atoms with E-state index in [1.165, 1.54) is 6.42 Å². The third kappa shape index (κ3) is 5.69. The van der Waals surface area contributed by atoms with Gasteiger partial charge in [-0.3, -0.25) is 14.5 Å². The predicted molar refractivity (Wildman–Crippen MR) is 153 cm³/mol. The summed E-state index contributed by atoms with van der Waals surface area (Å²) in [5.74, 6) is 1.21. The van der Waals surface area contributed by atoms with Gasteiger partial charge >= 0.3 is 0 Å². The largest absolute Gasteiger partial charge is 0.486 e. The highest BCUT2D eigenvalue weighted by Crippen LogP contribution is 2.31. The molecular weight excluding hydrogens is 508 g/mol. The standard InChI is InChI=1S/C31H30N4O5/c1-20-3-7-24(32-30(36)23-5-9-27-28(18-23)39-16-15-38-27)19-26(20)34-31(37)22-4-8-25-21(17-22)6-10-29(33-25)40-14-13-35-11-2-12-35/h3-10,17-19H,2,11-16H2,1H3,(H,32,36)(H,34,37). The number of hydrogen-bond acceptors (Lipinski definition) is 7. The fourth-order valence-corrected chi connectivity index (χ4v) is 4.63. The smallest absolute Gasteiger partial charge is 0.255 e. The SMILES string of the molecule is Cc1ccc(NC(=O)c2ccc3c(c2)OCCO3)cc1NC(=O)c1ccc2nc(OCCN3CCC3)ccc2c1. The first-order valence-corrected chi connectivity index (χ1v) is 13.4. The lowest BCUT2D eigenvalue weighted by atomic mass is 10.1. The second kappa shape index (κ2) is 11.2. The Morgan fingerprint density at radius 2 is 1.65 bits per heavy atom. The number of fused-ring (bicyclic) bond motifs is 2. The molecule has 0 radical (unpaired) electrons. The molecule has 2 amide bonds. The summed E-state index contributed by atoms with van der Waals surface area (Å²) in [4.78, 5) is 32.9. The molecule has 6 rings (SSSR count). The van der Waals surface area contributed by atoms with E-state index in [1.54, 1.807) is 36.4 Å². The van der Waals surface area contributed by atoms with Crippen molar-refractivity contribution in [3.8, 4) is 17.4 Å². The normalized spacial score (nSPS) is 14.3. The van der Waals surface area contributed by atoms with Crippen LogP contribution in [0.1, 0.15) is 32.7 Å². The van der Waals surface area contributed by atoms with E-state index in [-0.39, 0.29) is 11.8 Å². The number of amides is 2. The van der Waals surface area contributed by atoms with Gasteiger partial charge in [0.05, 0.1) is 5.52 Å². The zero-order valence-corrected chi connectivity index (χ0v) is 22.2. The van der Waals surface area contributed by atoms with E-state index in [2.05, 4.69) is 20.5 Å². The van der Waals surface area contributed by atoms with E-state index in [0.29, 0.717) is 59.7 Å². The number of aromatic nitrogens is 1. The Morgan fingerprint density at radius 1 is 0.875 bits per heavy atom. The molecule has 1 aromatic heterocycles. The second-order valence-electron chi connectivity index (χ2n) is 9.90. The van der Waals surface area contributed by atoms with Gasteiger partial charge in [0.2, 0.25) is 5.88 Å².